The van der Waals surface area contributed by atoms with Crippen LogP contribution in [0, 0.1) is 0 Å². The number of anilines is 1. The van der Waals surface area contributed by atoms with Gasteiger partial charge in [-0.25, -0.2) is 0 Å². The van der Waals surface area contributed by atoms with Gasteiger partial charge in [0.1, 0.15) is 5.69 Å². The van der Waals surface area contributed by atoms with Crippen LogP contribution in [0.5, 0.6) is 5.88 Å². The van der Waals surface area contributed by atoms with E-state index in [9.17, 15) is 5.11 Å². The molecular formula is C13H12N4O. The third kappa shape index (κ3) is 1.66. The number of rotatable bonds is 2. The van der Waals surface area contributed by atoms with Gasteiger partial charge < -0.3 is 15.4 Å². The van der Waals surface area contributed by atoms with Crippen LogP contribution in [0.1, 0.15) is 11.3 Å². The van der Waals surface area contributed by atoms with E-state index in [1.807, 2.05) is 30.3 Å². The third-order valence-electron chi connectivity index (χ3n) is 2.81. The van der Waals surface area contributed by atoms with E-state index >= 15 is 0 Å². The van der Waals surface area contributed by atoms with E-state index < -0.39 is 0 Å². The third-order valence-corrected chi connectivity index (χ3v) is 2.81. The number of hydrogen-bond acceptors (Lipinski definition) is 4. The fourth-order valence-electron chi connectivity index (χ4n) is 1.91. The lowest BCUT2D eigenvalue weighted by atomic mass is 10.1. The molecule has 0 radical (unpaired) electrons. The van der Waals surface area contributed by atoms with E-state index in [0.717, 1.165) is 16.8 Å². The number of para-hydroxylation sites is 1. The predicted octanol–water partition coefficient (Wildman–Crippen LogP) is 2.41. The average Bonchev–Trinajstić information content (AvgIpc) is 2.95. The van der Waals surface area contributed by atoms with E-state index in [1.54, 1.807) is 13.3 Å². The van der Waals surface area contributed by atoms with Crippen LogP contribution < -0.4 is 5.32 Å². The molecule has 3 N–H and O–H groups in total. The molecule has 0 unspecified atom stereocenters. The van der Waals surface area contributed by atoms with Gasteiger partial charge in [-0.05, 0) is 12.1 Å². The molecule has 1 aromatic carbocycles. The predicted molar refractivity (Wildman–Crippen MR) is 72.3 cm³/mol. The number of nitrogens with zero attached hydrogens (tertiary/aromatic N) is 2. The van der Waals surface area contributed by atoms with Crippen LogP contribution in [-0.2, 0) is 0 Å². The molecule has 1 aliphatic heterocycles. The zero-order chi connectivity index (χ0) is 12.5. The minimum Gasteiger partial charge on any atom is -0.492 e. The molecule has 5 nitrogen and oxygen atoms in total. The highest BCUT2D eigenvalue weighted by atomic mass is 16.3. The van der Waals surface area contributed by atoms with Gasteiger partial charge in [0.2, 0.25) is 11.8 Å². The van der Waals surface area contributed by atoms with Crippen molar-refractivity contribution in [2.24, 2.45) is 4.99 Å². The molecule has 0 bridgehead atoms. The number of nitrogens with one attached hydrogen (secondary N) is 2. The SMILES string of the molecule is CNc1nc(O)c(C=C2C=Nc3ccccc32)[nH]1. The van der Waals surface area contributed by atoms with Gasteiger partial charge in [0.25, 0.3) is 0 Å². The Morgan fingerprint density at radius 1 is 1.33 bits per heavy atom. The highest BCUT2D eigenvalue weighted by Gasteiger charge is 2.13. The van der Waals surface area contributed by atoms with Gasteiger partial charge in [-0.2, -0.15) is 4.98 Å². The molecule has 2 aromatic rings. The Morgan fingerprint density at radius 3 is 2.94 bits per heavy atom. The van der Waals surface area contributed by atoms with Crippen LogP contribution in [0.2, 0.25) is 0 Å². The minimum absolute atomic E-state index is 0.0235. The molecule has 90 valence electrons. The van der Waals surface area contributed by atoms with Gasteiger partial charge in [0, 0.05) is 24.4 Å². The van der Waals surface area contributed by atoms with Crippen LogP contribution in [0.3, 0.4) is 0 Å². The van der Waals surface area contributed by atoms with Crippen LogP contribution in [0.15, 0.2) is 29.3 Å². The standard InChI is InChI=1S/C13H12N4O/c1-14-13-16-11(12(18)17-13)6-8-7-15-10-5-3-2-4-9(8)10/h2-7,18H,1H3,(H2,14,16,17). The van der Waals surface area contributed by atoms with Crippen molar-refractivity contribution >= 4 is 29.5 Å². The lowest BCUT2D eigenvalue weighted by Gasteiger charge is -1.98. The van der Waals surface area contributed by atoms with E-state index in [1.165, 1.54) is 0 Å². The van der Waals surface area contributed by atoms with E-state index in [0.29, 0.717) is 11.6 Å². The molecule has 1 aromatic heterocycles. The van der Waals surface area contributed by atoms with Crippen molar-refractivity contribution in [3.63, 3.8) is 0 Å². The number of allylic oxidation sites excluding steroid dienone is 1. The van der Waals surface area contributed by atoms with Crippen molar-refractivity contribution in [2.75, 3.05) is 12.4 Å². The monoisotopic (exact) mass is 240 g/mol. The molecule has 3 rings (SSSR count). The van der Waals surface area contributed by atoms with Crippen LogP contribution in [0.25, 0.3) is 11.6 Å². The number of benzene rings is 1. The second-order valence-corrected chi connectivity index (χ2v) is 3.95. The number of aliphatic imine (C=N–C) groups is 1. The number of aromatic hydroxyl groups is 1. The van der Waals surface area contributed by atoms with Gasteiger partial charge in [-0.3, -0.25) is 4.99 Å². The maximum absolute atomic E-state index is 9.70. The van der Waals surface area contributed by atoms with Crippen molar-refractivity contribution in [1.29, 1.82) is 0 Å². The molecule has 0 amide bonds. The number of hydrogen-bond donors (Lipinski definition) is 3. The number of aromatic amines is 1. The van der Waals surface area contributed by atoms with Crippen molar-refractivity contribution in [3.8, 4) is 5.88 Å². The highest BCUT2D eigenvalue weighted by Crippen LogP contribution is 2.33. The fraction of sp³-hybridized carbons (Fsp3) is 0.0769. The Labute approximate surface area is 104 Å². The Morgan fingerprint density at radius 2 is 2.17 bits per heavy atom. The summed E-state index contributed by atoms with van der Waals surface area (Å²) in [5, 5.41) is 12.5. The molecule has 0 fully saturated rings. The summed E-state index contributed by atoms with van der Waals surface area (Å²) in [4.78, 5) is 11.2. The van der Waals surface area contributed by atoms with Gasteiger partial charge >= 0.3 is 0 Å². The number of fused-ring (bicyclic) bond motifs is 1. The molecule has 0 spiro atoms. The van der Waals surface area contributed by atoms with Crippen molar-refractivity contribution in [3.05, 3.63) is 35.5 Å². The van der Waals surface area contributed by atoms with E-state index in [4.69, 9.17) is 0 Å². The van der Waals surface area contributed by atoms with Crippen LogP contribution >= 0.6 is 0 Å². The van der Waals surface area contributed by atoms with E-state index in [2.05, 4.69) is 20.3 Å². The first-order chi connectivity index (χ1) is 8.78. The quantitative estimate of drug-likeness (QED) is 0.754. The summed E-state index contributed by atoms with van der Waals surface area (Å²) in [6.07, 6.45) is 3.61. The summed E-state index contributed by atoms with van der Waals surface area (Å²) in [5.74, 6) is 0.507. The Balaban J connectivity index is 2.03. The number of H-pyrrole nitrogens is 1. The number of imidazole rings is 1. The van der Waals surface area contributed by atoms with Crippen molar-refractivity contribution < 1.29 is 5.11 Å². The first-order valence-electron chi connectivity index (χ1n) is 5.60. The molecule has 18 heavy (non-hydrogen) atoms. The average molecular weight is 240 g/mol. The van der Waals surface area contributed by atoms with Gasteiger partial charge in [0.15, 0.2) is 0 Å². The van der Waals surface area contributed by atoms with Gasteiger partial charge in [0.05, 0.1) is 5.69 Å². The van der Waals surface area contributed by atoms with Gasteiger partial charge in [-0.1, -0.05) is 18.2 Å². The molecule has 0 aliphatic carbocycles. The summed E-state index contributed by atoms with van der Waals surface area (Å²) in [5.41, 5.74) is 3.51. The molecule has 2 heterocycles. The highest BCUT2D eigenvalue weighted by molar-refractivity contribution is 6.21. The maximum Gasteiger partial charge on any atom is 0.238 e. The summed E-state index contributed by atoms with van der Waals surface area (Å²) in [6.45, 7) is 0. The summed E-state index contributed by atoms with van der Waals surface area (Å²) in [7, 11) is 1.74. The maximum atomic E-state index is 9.70. The van der Waals surface area contributed by atoms with Crippen LogP contribution in [0.4, 0.5) is 11.6 Å². The lowest BCUT2D eigenvalue weighted by molar-refractivity contribution is 0.455. The summed E-state index contributed by atoms with van der Waals surface area (Å²) >= 11 is 0. The van der Waals surface area contributed by atoms with E-state index in [-0.39, 0.29) is 5.88 Å². The zero-order valence-electron chi connectivity index (χ0n) is 9.81. The number of aromatic nitrogens is 2. The van der Waals surface area contributed by atoms with Crippen LogP contribution in [-0.4, -0.2) is 28.3 Å². The summed E-state index contributed by atoms with van der Waals surface area (Å²) < 4.78 is 0. The largest absolute Gasteiger partial charge is 0.492 e. The normalized spacial score (nSPS) is 15.1. The molecule has 0 saturated carbocycles. The first kappa shape index (κ1) is 10.6. The topological polar surface area (TPSA) is 73.3 Å². The first-order valence-corrected chi connectivity index (χ1v) is 5.60. The second kappa shape index (κ2) is 4.03. The molecule has 5 heteroatoms. The van der Waals surface area contributed by atoms with Crippen molar-refractivity contribution in [2.45, 2.75) is 0 Å². The van der Waals surface area contributed by atoms with Crippen molar-refractivity contribution in [1.82, 2.24) is 9.97 Å². The Bertz CT molecular complexity index is 655. The molecule has 0 saturated heterocycles. The zero-order valence-corrected chi connectivity index (χ0v) is 9.81. The molecule has 1 aliphatic rings. The Kier molecular flexibility index (Phi) is 2.37. The molecular weight excluding hydrogens is 228 g/mol. The fourth-order valence-corrected chi connectivity index (χ4v) is 1.91. The second-order valence-electron chi connectivity index (χ2n) is 3.95. The lowest BCUT2D eigenvalue weighted by Crippen LogP contribution is -1.89. The summed E-state index contributed by atoms with van der Waals surface area (Å²) in [6, 6.07) is 7.87. The Hall–Kier alpha value is -2.56. The molecule has 0 atom stereocenters. The van der Waals surface area contributed by atoms with Gasteiger partial charge in [-0.15, -0.1) is 0 Å². The minimum atomic E-state index is -0.0235. The smallest absolute Gasteiger partial charge is 0.238 e.